The number of carboxylic acids is 1. The van der Waals surface area contributed by atoms with Crippen molar-refractivity contribution in [2.45, 2.75) is 5.60 Å². The maximum atomic E-state index is 11.9. The van der Waals surface area contributed by atoms with E-state index in [2.05, 4.69) is 10.1 Å². The normalized spacial score (nSPS) is 11.3. The van der Waals surface area contributed by atoms with Crippen LogP contribution in [-0.2, 0) is 15.2 Å². The molecule has 3 N–H and O–H groups in total. The Labute approximate surface area is 211 Å². The van der Waals surface area contributed by atoms with Crippen molar-refractivity contribution in [2.75, 3.05) is 11.1 Å². The number of nitrogen functional groups attached to an aromatic ring is 1. The van der Waals surface area contributed by atoms with Crippen LogP contribution < -0.4 is 5.73 Å². The number of nitrogens with two attached hydrogens (primary N) is 1. The second-order valence-electron chi connectivity index (χ2n) is 6.79. The van der Waals surface area contributed by atoms with E-state index in [-0.39, 0.29) is 21.9 Å². The summed E-state index contributed by atoms with van der Waals surface area (Å²) in [6.45, 7) is 0. The van der Waals surface area contributed by atoms with Gasteiger partial charge < -0.3 is 15.7 Å². The molecule has 4 rings (SSSR count). The lowest BCUT2D eigenvalue weighted by molar-refractivity contribution is -0.129. The van der Waals surface area contributed by atoms with E-state index in [1.807, 2.05) is 91.0 Å². The monoisotopic (exact) mass is 513 g/mol. The molecule has 3 aromatic carbocycles. The minimum atomic E-state index is -1.26. The molecule has 4 aromatic rings. The second-order valence-corrected chi connectivity index (χ2v) is 8.49. The quantitative estimate of drug-likeness (QED) is 0.138. The van der Waals surface area contributed by atoms with E-state index >= 15 is 0 Å². The molecular weight excluding hydrogens is 493 g/mol. The topological polar surface area (TPSA) is 97.8 Å². The number of anilines is 1. The van der Waals surface area contributed by atoms with Crippen LogP contribution in [-0.4, -0.2) is 27.1 Å². The molecule has 0 aliphatic rings. The van der Waals surface area contributed by atoms with Gasteiger partial charge in [0.25, 0.3) is 0 Å². The van der Waals surface area contributed by atoms with Crippen molar-refractivity contribution in [3.05, 3.63) is 119 Å². The van der Waals surface area contributed by atoms with Crippen molar-refractivity contribution in [1.82, 2.24) is 4.98 Å². The minimum absolute atomic E-state index is 0.151. The molecule has 0 radical (unpaired) electrons. The summed E-state index contributed by atoms with van der Waals surface area (Å²) in [4.78, 5) is 22.2. The lowest BCUT2D eigenvalue weighted by Crippen LogP contribution is -2.32. The Balaban J connectivity index is 0.00000103. The fourth-order valence-electron chi connectivity index (χ4n) is 3.38. The first kappa shape index (κ1) is 25.2. The van der Waals surface area contributed by atoms with Crippen molar-refractivity contribution in [2.24, 2.45) is 5.16 Å². The smallest absolute Gasteiger partial charge is 0.360 e. The number of oxime groups is 1. The Morgan fingerprint density at radius 1 is 0.912 bits per heavy atom. The van der Waals surface area contributed by atoms with Crippen LogP contribution in [0.4, 0.5) is 5.13 Å². The highest BCUT2D eigenvalue weighted by atomic mass is 35.5. The third-order valence-electron chi connectivity index (χ3n) is 4.78. The zero-order chi connectivity index (χ0) is 24.4. The highest BCUT2D eigenvalue weighted by Crippen LogP contribution is 2.40. The molecule has 0 fully saturated rings. The predicted octanol–water partition coefficient (Wildman–Crippen LogP) is 5.94. The number of hydrogen-bond donors (Lipinski definition) is 2. The number of alkyl halides is 2. The molecule has 0 aliphatic carbocycles. The number of aliphatic carboxylic acids is 1. The average molecular weight is 514 g/mol. The lowest BCUT2D eigenvalue weighted by atomic mass is 9.80. The Kier molecular flexibility index (Phi) is 9.04. The number of carbonyl (C=O) groups is 1. The Bertz CT molecular complexity index is 1120. The molecule has 0 amide bonds. The van der Waals surface area contributed by atoms with Crippen molar-refractivity contribution in [3.8, 4) is 0 Å². The van der Waals surface area contributed by atoms with Gasteiger partial charge in [-0.15, -0.1) is 34.5 Å². The predicted molar refractivity (Wildman–Crippen MR) is 138 cm³/mol. The number of aromatic nitrogens is 1. The second kappa shape index (κ2) is 12.2. The summed E-state index contributed by atoms with van der Waals surface area (Å²) in [6, 6.07) is 28.7. The van der Waals surface area contributed by atoms with Crippen LogP contribution in [0.2, 0.25) is 0 Å². The molecule has 9 heteroatoms. The van der Waals surface area contributed by atoms with Gasteiger partial charge in [0.05, 0.1) is 5.34 Å². The molecule has 0 atom stereocenters. The van der Waals surface area contributed by atoms with Gasteiger partial charge in [0, 0.05) is 22.1 Å². The van der Waals surface area contributed by atoms with Gasteiger partial charge in [-0.1, -0.05) is 96.2 Å². The van der Waals surface area contributed by atoms with E-state index < -0.39 is 11.6 Å². The van der Waals surface area contributed by atoms with Crippen LogP contribution in [0.25, 0.3) is 0 Å². The maximum absolute atomic E-state index is 11.9. The van der Waals surface area contributed by atoms with E-state index in [1.165, 1.54) is 0 Å². The van der Waals surface area contributed by atoms with Crippen molar-refractivity contribution in [3.63, 3.8) is 0 Å². The average Bonchev–Trinajstić information content (AvgIpc) is 3.29. The third kappa shape index (κ3) is 5.75. The molecule has 0 unspecified atom stereocenters. The first-order chi connectivity index (χ1) is 16.5. The zero-order valence-electron chi connectivity index (χ0n) is 17.8. The molecule has 1 aromatic heterocycles. The largest absolute Gasteiger partial charge is 0.476 e. The van der Waals surface area contributed by atoms with E-state index in [9.17, 15) is 9.90 Å². The van der Waals surface area contributed by atoms with Gasteiger partial charge in [0.2, 0.25) is 11.3 Å². The highest BCUT2D eigenvalue weighted by molar-refractivity contribution is 7.13. The molecule has 0 bridgehead atoms. The Morgan fingerprint density at radius 2 is 1.32 bits per heavy atom. The Hall–Kier alpha value is -3.39. The van der Waals surface area contributed by atoms with E-state index in [1.54, 1.807) is 5.38 Å². The molecule has 0 spiro atoms. The minimum Gasteiger partial charge on any atom is -0.476 e. The molecular formula is C25H21Cl2N3O3S. The van der Waals surface area contributed by atoms with Crippen LogP contribution in [0, 0.1) is 0 Å². The number of nitrogens with zero attached hydrogens (tertiary/aromatic N) is 2. The van der Waals surface area contributed by atoms with Gasteiger partial charge >= 0.3 is 5.97 Å². The summed E-state index contributed by atoms with van der Waals surface area (Å²) in [5.41, 5.74) is 6.76. The Morgan fingerprint density at radius 3 is 1.65 bits per heavy atom. The van der Waals surface area contributed by atoms with E-state index in [4.69, 9.17) is 33.8 Å². The molecule has 1 heterocycles. The van der Waals surface area contributed by atoms with Crippen LogP contribution in [0.15, 0.2) is 102 Å². The summed E-state index contributed by atoms with van der Waals surface area (Å²) in [5.74, 6) is -1.26. The SMILES string of the molecule is ClCCl.Nc1nc(C(=NOC(c2ccccc2)(c2ccccc2)c2ccccc2)C(=O)O)cs1. The van der Waals surface area contributed by atoms with Gasteiger partial charge in [-0.05, 0) is 0 Å². The van der Waals surface area contributed by atoms with Crippen molar-refractivity contribution in [1.29, 1.82) is 0 Å². The summed E-state index contributed by atoms with van der Waals surface area (Å²) < 4.78 is 0. The van der Waals surface area contributed by atoms with Crippen LogP contribution in [0.1, 0.15) is 22.4 Å². The first-order valence-corrected chi connectivity index (χ1v) is 12.0. The summed E-state index contributed by atoms with van der Waals surface area (Å²) >= 11 is 10.7. The number of benzene rings is 3. The first-order valence-electron chi connectivity index (χ1n) is 10.0. The molecule has 0 saturated carbocycles. The number of thiazole rings is 1. The fourth-order valence-corrected chi connectivity index (χ4v) is 3.93. The van der Waals surface area contributed by atoms with E-state index in [0.717, 1.165) is 28.0 Å². The number of carboxylic acid groups (broad SMARTS) is 1. The van der Waals surface area contributed by atoms with Gasteiger partial charge in [-0.25, -0.2) is 9.78 Å². The van der Waals surface area contributed by atoms with Gasteiger partial charge in [-0.3, -0.25) is 0 Å². The number of halogens is 2. The molecule has 34 heavy (non-hydrogen) atoms. The highest BCUT2D eigenvalue weighted by Gasteiger charge is 2.40. The van der Waals surface area contributed by atoms with Gasteiger partial charge in [0.15, 0.2) is 5.13 Å². The molecule has 0 saturated heterocycles. The summed E-state index contributed by atoms with van der Waals surface area (Å²) in [7, 11) is 0. The molecule has 174 valence electrons. The van der Waals surface area contributed by atoms with E-state index in [0.29, 0.717) is 0 Å². The fraction of sp³-hybridized carbons (Fsp3) is 0.0800. The number of hydrogen-bond acceptors (Lipinski definition) is 6. The van der Waals surface area contributed by atoms with Gasteiger partial charge in [0.1, 0.15) is 5.69 Å². The third-order valence-corrected chi connectivity index (χ3v) is 5.46. The van der Waals surface area contributed by atoms with Crippen molar-refractivity contribution >= 4 is 51.4 Å². The molecule has 6 nitrogen and oxygen atoms in total. The van der Waals surface area contributed by atoms with Gasteiger partial charge in [-0.2, -0.15) is 0 Å². The summed E-state index contributed by atoms with van der Waals surface area (Å²) in [5, 5.41) is 15.9. The zero-order valence-corrected chi connectivity index (χ0v) is 20.2. The maximum Gasteiger partial charge on any atom is 0.360 e. The lowest BCUT2D eigenvalue weighted by Gasteiger charge is -2.33. The molecule has 0 aliphatic heterocycles. The van der Waals surface area contributed by atoms with Crippen LogP contribution in [0.3, 0.4) is 0 Å². The van der Waals surface area contributed by atoms with Crippen LogP contribution in [0.5, 0.6) is 0 Å². The summed E-state index contributed by atoms with van der Waals surface area (Å²) in [6.07, 6.45) is 0. The number of rotatable bonds is 7. The van der Waals surface area contributed by atoms with Crippen molar-refractivity contribution < 1.29 is 14.7 Å². The standard InChI is InChI=1S/C24H19N3O3S.CH2Cl2/c25-23-26-20(16-31-23)21(22(28)29)27-30-24(17-10-4-1-5-11-17,18-12-6-2-7-13-18)19-14-8-3-9-15-19;2-1-3/h1-16H,(H2,25,26)(H,28,29);1H2. The van der Waals surface area contributed by atoms with Crippen LogP contribution >= 0.6 is 34.5 Å².